The molecule has 0 spiro atoms. The number of carbonyl (C=O) groups is 1. The summed E-state index contributed by atoms with van der Waals surface area (Å²) in [6.07, 6.45) is 3.21. The predicted molar refractivity (Wildman–Crippen MR) is 102 cm³/mol. The second-order valence-electron chi connectivity index (χ2n) is 6.08. The van der Waals surface area contributed by atoms with E-state index >= 15 is 0 Å². The van der Waals surface area contributed by atoms with Gasteiger partial charge in [-0.25, -0.2) is 4.39 Å². The van der Waals surface area contributed by atoms with Crippen LogP contribution in [0.3, 0.4) is 0 Å². The molecule has 1 amide bonds. The quantitative estimate of drug-likeness (QED) is 0.734. The zero-order chi connectivity index (χ0) is 18.9. The Morgan fingerprint density at radius 1 is 1.23 bits per heavy atom. The van der Waals surface area contributed by atoms with Crippen LogP contribution in [0.25, 0.3) is 6.08 Å². The number of ether oxygens (including phenoxy) is 1. The molecule has 2 rings (SSSR count). The maximum atomic E-state index is 13.5. The number of nitrogens with zero attached hydrogens (tertiary/aromatic N) is 1. The van der Waals surface area contributed by atoms with E-state index in [1.807, 2.05) is 56.3 Å². The van der Waals surface area contributed by atoms with Crippen LogP contribution in [-0.2, 0) is 4.79 Å². The van der Waals surface area contributed by atoms with Gasteiger partial charge in [-0.1, -0.05) is 30.3 Å². The number of nitrogens with one attached hydrogen (secondary N) is 1. The number of benzene rings is 2. The predicted octanol–water partition coefficient (Wildman–Crippen LogP) is 3.66. The Hall–Kier alpha value is -2.66. The number of rotatable bonds is 8. The maximum Gasteiger partial charge on any atom is 0.244 e. The van der Waals surface area contributed by atoms with Crippen molar-refractivity contribution in [3.05, 3.63) is 71.6 Å². The van der Waals surface area contributed by atoms with Gasteiger partial charge >= 0.3 is 0 Å². The van der Waals surface area contributed by atoms with Crippen LogP contribution in [0.4, 0.5) is 4.39 Å². The minimum atomic E-state index is -0.284. The molecule has 5 heteroatoms. The van der Waals surface area contributed by atoms with Crippen LogP contribution in [0, 0.1) is 5.82 Å². The third kappa shape index (κ3) is 5.70. The maximum absolute atomic E-state index is 13.5. The van der Waals surface area contributed by atoms with E-state index < -0.39 is 0 Å². The first-order chi connectivity index (χ1) is 12.5. The summed E-state index contributed by atoms with van der Waals surface area (Å²) < 4.78 is 19.0. The summed E-state index contributed by atoms with van der Waals surface area (Å²) in [7, 11) is 3.80. The van der Waals surface area contributed by atoms with Crippen molar-refractivity contribution in [2.24, 2.45) is 0 Å². The summed E-state index contributed by atoms with van der Waals surface area (Å²) in [5.41, 5.74) is 1.67. The van der Waals surface area contributed by atoms with E-state index in [4.69, 9.17) is 4.74 Å². The number of amides is 1. The van der Waals surface area contributed by atoms with Crippen molar-refractivity contribution in [1.82, 2.24) is 10.2 Å². The molecule has 0 aliphatic rings. The lowest BCUT2D eigenvalue weighted by molar-refractivity contribution is -0.116. The Morgan fingerprint density at radius 2 is 2.00 bits per heavy atom. The van der Waals surface area contributed by atoms with Crippen molar-refractivity contribution in [3.63, 3.8) is 0 Å². The van der Waals surface area contributed by atoms with Gasteiger partial charge in [0.05, 0.1) is 12.6 Å². The zero-order valence-corrected chi connectivity index (χ0v) is 15.4. The highest BCUT2D eigenvalue weighted by atomic mass is 19.1. The highest BCUT2D eigenvalue weighted by Gasteiger charge is 2.15. The molecule has 0 radical (unpaired) electrons. The second kappa shape index (κ2) is 9.73. The van der Waals surface area contributed by atoms with E-state index in [0.717, 1.165) is 16.9 Å². The minimum absolute atomic E-state index is 0.112. The second-order valence-corrected chi connectivity index (χ2v) is 6.08. The lowest BCUT2D eigenvalue weighted by Crippen LogP contribution is -2.33. The fourth-order valence-electron chi connectivity index (χ4n) is 2.64. The largest absolute Gasteiger partial charge is 0.493 e. The van der Waals surface area contributed by atoms with E-state index in [9.17, 15) is 9.18 Å². The molecule has 2 aromatic carbocycles. The van der Waals surface area contributed by atoms with Crippen LogP contribution in [-0.4, -0.2) is 38.1 Å². The highest BCUT2D eigenvalue weighted by Crippen LogP contribution is 2.20. The molecule has 0 heterocycles. The lowest BCUT2D eigenvalue weighted by Gasteiger charge is -2.25. The zero-order valence-electron chi connectivity index (χ0n) is 15.4. The van der Waals surface area contributed by atoms with Crippen molar-refractivity contribution in [1.29, 1.82) is 0 Å². The highest BCUT2D eigenvalue weighted by molar-refractivity contribution is 5.92. The van der Waals surface area contributed by atoms with Gasteiger partial charge in [0.25, 0.3) is 0 Å². The number of hydrogen-bond acceptors (Lipinski definition) is 3. The monoisotopic (exact) mass is 356 g/mol. The molecule has 0 fully saturated rings. The number of likely N-dealkylation sites (N-methyl/N-ethyl adjacent to an activating group) is 1. The summed E-state index contributed by atoms with van der Waals surface area (Å²) >= 11 is 0. The molecular weight excluding hydrogens is 331 g/mol. The first kappa shape index (κ1) is 19.7. The molecule has 0 aliphatic carbocycles. The summed E-state index contributed by atoms with van der Waals surface area (Å²) in [6.45, 7) is 2.86. The molecule has 0 bridgehead atoms. The molecule has 4 nitrogen and oxygen atoms in total. The standard InChI is InChI=1S/C21H25FN2O2/c1-4-26-20-11-6-5-8-16(20)12-13-21(25)23-15-19(24(2)3)17-9-7-10-18(22)14-17/h5-14,19H,4,15H2,1-3H3,(H,23,25)/b13-12+. The van der Waals surface area contributed by atoms with E-state index in [1.54, 1.807) is 12.1 Å². The summed E-state index contributed by atoms with van der Waals surface area (Å²) in [5.74, 6) is 0.248. The van der Waals surface area contributed by atoms with Crippen molar-refractivity contribution in [2.75, 3.05) is 27.2 Å². The van der Waals surface area contributed by atoms with Gasteiger partial charge < -0.3 is 15.0 Å². The Labute approximate surface area is 154 Å². The SMILES string of the molecule is CCOc1ccccc1/C=C/C(=O)NCC(c1cccc(F)c1)N(C)C. The topological polar surface area (TPSA) is 41.6 Å². The van der Waals surface area contributed by atoms with Gasteiger partial charge in [-0.3, -0.25) is 4.79 Å². The van der Waals surface area contributed by atoms with Crippen LogP contribution >= 0.6 is 0 Å². The molecule has 26 heavy (non-hydrogen) atoms. The van der Waals surface area contributed by atoms with Gasteiger partial charge in [0, 0.05) is 18.2 Å². The molecule has 2 aromatic rings. The Balaban J connectivity index is 2.00. The number of para-hydroxylation sites is 1. The van der Waals surface area contributed by atoms with Gasteiger partial charge in [0.1, 0.15) is 11.6 Å². The Morgan fingerprint density at radius 3 is 2.69 bits per heavy atom. The van der Waals surface area contributed by atoms with Crippen LogP contribution in [0.15, 0.2) is 54.6 Å². The molecule has 0 aliphatic heterocycles. The van der Waals surface area contributed by atoms with Gasteiger partial charge in [0.2, 0.25) is 5.91 Å². The minimum Gasteiger partial charge on any atom is -0.493 e. The van der Waals surface area contributed by atoms with Crippen LogP contribution in [0.2, 0.25) is 0 Å². The van der Waals surface area contributed by atoms with Gasteiger partial charge in [-0.15, -0.1) is 0 Å². The van der Waals surface area contributed by atoms with Gasteiger partial charge in [-0.2, -0.15) is 0 Å². The lowest BCUT2D eigenvalue weighted by atomic mass is 10.1. The summed E-state index contributed by atoms with van der Waals surface area (Å²) in [4.78, 5) is 14.1. The average molecular weight is 356 g/mol. The normalized spacial score (nSPS) is 12.3. The Kier molecular flexibility index (Phi) is 7.36. The number of halogens is 1. The molecular formula is C21H25FN2O2. The van der Waals surface area contributed by atoms with Gasteiger partial charge in [0.15, 0.2) is 0 Å². The fourth-order valence-corrected chi connectivity index (χ4v) is 2.64. The average Bonchev–Trinajstić information content (AvgIpc) is 2.61. The third-order valence-electron chi connectivity index (χ3n) is 3.96. The molecule has 138 valence electrons. The van der Waals surface area contributed by atoms with Crippen molar-refractivity contribution < 1.29 is 13.9 Å². The molecule has 1 unspecified atom stereocenters. The Bertz CT molecular complexity index is 759. The van der Waals surface area contributed by atoms with Crippen LogP contribution < -0.4 is 10.1 Å². The van der Waals surface area contributed by atoms with Gasteiger partial charge in [-0.05, 0) is 50.9 Å². The number of carbonyl (C=O) groups excluding carboxylic acids is 1. The van der Waals surface area contributed by atoms with Crippen molar-refractivity contribution in [3.8, 4) is 5.75 Å². The van der Waals surface area contributed by atoms with Crippen LogP contribution in [0.1, 0.15) is 24.1 Å². The molecule has 0 saturated heterocycles. The smallest absolute Gasteiger partial charge is 0.244 e. The number of hydrogen-bond donors (Lipinski definition) is 1. The van der Waals surface area contributed by atoms with E-state index in [1.165, 1.54) is 18.2 Å². The summed E-state index contributed by atoms with van der Waals surface area (Å²) in [5, 5.41) is 2.87. The van der Waals surface area contributed by atoms with Crippen molar-refractivity contribution >= 4 is 12.0 Å². The third-order valence-corrected chi connectivity index (χ3v) is 3.96. The first-order valence-corrected chi connectivity index (χ1v) is 8.61. The molecule has 1 atom stereocenters. The van der Waals surface area contributed by atoms with E-state index in [0.29, 0.717) is 13.2 Å². The summed E-state index contributed by atoms with van der Waals surface area (Å²) in [6, 6.07) is 13.9. The molecule has 0 aromatic heterocycles. The van der Waals surface area contributed by atoms with Crippen LogP contribution in [0.5, 0.6) is 5.75 Å². The van der Waals surface area contributed by atoms with Crippen molar-refractivity contribution in [2.45, 2.75) is 13.0 Å². The molecule has 1 N–H and O–H groups in total. The van der Waals surface area contributed by atoms with E-state index in [2.05, 4.69) is 5.32 Å². The first-order valence-electron chi connectivity index (χ1n) is 8.61. The fraction of sp³-hybridized carbons (Fsp3) is 0.286. The molecule has 0 saturated carbocycles. The van der Waals surface area contributed by atoms with E-state index in [-0.39, 0.29) is 17.8 Å².